The molecule has 112 valence electrons. The number of nitrogens with one attached hydrogen (secondary N) is 1. The number of thiazole rings is 1. The van der Waals surface area contributed by atoms with Gasteiger partial charge in [0.05, 0.1) is 5.69 Å². The maximum absolute atomic E-state index is 5.97. The fraction of sp³-hybridized carbons (Fsp3) is 0.471. The van der Waals surface area contributed by atoms with E-state index in [-0.39, 0.29) is 0 Å². The van der Waals surface area contributed by atoms with Gasteiger partial charge in [0.1, 0.15) is 5.01 Å². The third-order valence-electron chi connectivity index (χ3n) is 3.93. The van der Waals surface area contributed by atoms with E-state index in [1.165, 1.54) is 35.4 Å². The zero-order valence-electron chi connectivity index (χ0n) is 12.5. The van der Waals surface area contributed by atoms with Gasteiger partial charge in [0.15, 0.2) is 0 Å². The van der Waals surface area contributed by atoms with Crippen LogP contribution in [0.25, 0.3) is 10.6 Å². The van der Waals surface area contributed by atoms with Gasteiger partial charge in [0, 0.05) is 34.0 Å². The van der Waals surface area contributed by atoms with Gasteiger partial charge >= 0.3 is 0 Å². The summed E-state index contributed by atoms with van der Waals surface area (Å²) in [5.41, 5.74) is 2.50. The van der Waals surface area contributed by atoms with Gasteiger partial charge in [-0.25, -0.2) is 4.98 Å². The third-order valence-corrected chi connectivity index (χ3v) is 5.37. The number of rotatable bonds is 4. The fourth-order valence-corrected chi connectivity index (χ4v) is 4.12. The molecule has 1 aromatic heterocycles. The Balaban J connectivity index is 1.85. The molecule has 1 N–H and O–H groups in total. The first-order valence-corrected chi connectivity index (χ1v) is 8.82. The summed E-state index contributed by atoms with van der Waals surface area (Å²) < 4.78 is 0. The Hall–Kier alpha value is -0.900. The van der Waals surface area contributed by atoms with Crippen LogP contribution in [-0.4, -0.2) is 17.6 Å². The minimum absolute atomic E-state index is 0.532. The summed E-state index contributed by atoms with van der Waals surface area (Å²) in [7, 11) is 0. The zero-order chi connectivity index (χ0) is 14.8. The highest BCUT2D eigenvalue weighted by Crippen LogP contribution is 2.38. The largest absolute Gasteiger partial charge is 0.314 e. The molecule has 0 saturated carbocycles. The van der Waals surface area contributed by atoms with E-state index < -0.39 is 0 Å². The highest BCUT2D eigenvalue weighted by molar-refractivity contribution is 7.15. The maximum atomic E-state index is 5.97. The average Bonchev–Trinajstić information content (AvgIpc) is 2.90. The molecule has 21 heavy (non-hydrogen) atoms. The first-order valence-electron chi connectivity index (χ1n) is 7.62. The summed E-state index contributed by atoms with van der Waals surface area (Å²) in [6.07, 6.45) is 3.70. The number of benzene rings is 1. The first kappa shape index (κ1) is 15.0. The second-order valence-corrected chi connectivity index (χ2v) is 7.51. The molecule has 1 heterocycles. The number of nitrogens with zero attached hydrogens (tertiary/aromatic N) is 1. The molecule has 1 aliphatic rings. The minimum atomic E-state index is 0.532. The van der Waals surface area contributed by atoms with Gasteiger partial charge in [-0.05, 0) is 31.4 Å². The predicted octanol–water partition coefficient (Wildman–Crippen LogP) is 4.88. The van der Waals surface area contributed by atoms with Crippen molar-refractivity contribution in [1.82, 2.24) is 10.3 Å². The molecular formula is C17H21ClN2S. The molecule has 3 rings (SSSR count). The smallest absolute Gasteiger partial charge is 0.123 e. The van der Waals surface area contributed by atoms with Crippen LogP contribution >= 0.6 is 22.9 Å². The van der Waals surface area contributed by atoms with Gasteiger partial charge in [-0.2, -0.15) is 0 Å². The summed E-state index contributed by atoms with van der Waals surface area (Å²) in [5, 5.41) is 5.47. The van der Waals surface area contributed by atoms with Crippen molar-refractivity contribution in [3.8, 4) is 10.6 Å². The van der Waals surface area contributed by atoms with Crippen LogP contribution in [0.2, 0.25) is 5.02 Å². The third kappa shape index (κ3) is 3.47. The van der Waals surface area contributed by atoms with E-state index >= 15 is 0 Å². The van der Waals surface area contributed by atoms with E-state index in [2.05, 4.69) is 31.3 Å². The Kier molecular flexibility index (Phi) is 4.63. The molecule has 1 aromatic carbocycles. The number of hydrogen-bond donors (Lipinski definition) is 1. The van der Waals surface area contributed by atoms with Gasteiger partial charge in [0.25, 0.3) is 0 Å². The second kappa shape index (κ2) is 6.47. The van der Waals surface area contributed by atoms with E-state index in [0.29, 0.717) is 12.0 Å². The number of aryl methyl sites for hydroxylation is 1. The van der Waals surface area contributed by atoms with Crippen LogP contribution in [0.15, 0.2) is 24.3 Å². The topological polar surface area (TPSA) is 24.9 Å². The summed E-state index contributed by atoms with van der Waals surface area (Å²) in [5.74, 6) is 0.563. The van der Waals surface area contributed by atoms with E-state index in [4.69, 9.17) is 16.6 Å². The van der Waals surface area contributed by atoms with Crippen LogP contribution in [0.5, 0.6) is 0 Å². The van der Waals surface area contributed by atoms with E-state index in [0.717, 1.165) is 16.6 Å². The number of fused-ring (bicyclic) bond motifs is 1. The summed E-state index contributed by atoms with van der Waals surface area (Å²) >= 11 is 7.82. The second-order valence-electron chi connectivity index (χ2n) is 5.99. The molecule has 1 aliphatic carbocycles. The van der Waals surface area contributed by atoms with Crippen molar-refractivity contribution >= 4 is 22.9 Å². The zero-order valence-corrected chi connectivity index (χ0v) is 14.1. The molecule has 0 saturated heterocycles. The lowest BCUT2D eigenvalue weighted by Crippen LogP contribution is -2.29. The normalized spacial score (nSPS) is 18.0. The lowest BCUT2D eigenvalue weighted by Gasteiger charge is -2.22. The quantitative estimate of drug-likeness (QED) is 0.868. The lowest BCUT2D eigenvalue weighted by molar-refractivity contribution is 0.475. The molecule has 0 spiro atoms. The van der Waals surface area contributed by atoms with Crippen molar-refractivity contribution in [1.29, 1.82) is 0 Å². The predicted molar refractivity (Wildman–Crippen MR) is 91.4 cm³/mol. The Morgan fingerprint density at radius 1 is 1.33 bits per heavy atom. The minimum Gasteiger partial charge on any atom is -0.314 e. The van der Waals surface area contributed by atoms with Gasteiger partial charge in [-0.15, -0.1) is 11.3 Å². The average molecular weight is 321 g/mol. The van der Waals surface area contributed by atoms with Gasteiger partial charge in [-0.3, -0.25) is 0 Å². The Bertz CT molecular complexity index is 604. The molecular weight excluding hydrogens is 300 g/mol. The lowest BCUT2D eigenvalue weighted by atomic mass is 9.91. The molecule has 4 heteroatoms. The number of aromatic nitrogens is 1. The van der Waals surface area contributed by atoms with Crippen LogP contribution in [-0.2, 0) is 6.42 Å². The van der Waals surface area contributed by atoms with Gasteiger partial charge < -0.3 is 5.32 Å². The molecule has 2 aromatic rings. The van der Waals surface area contributed by atoms with Crippen molar-refractivity contribution in [3.05, 3.63) is 39.9 Å². The molecule has 2 nitrogen and oxygen atoms in total. The molecule has 0 aliphatic heterocycles. The molecule has 0 radical (unpaired) electrons. The van der Waals surface area contributed by atoms with E-state index in [1.54, 1.807) is 0 Å². The molecule has 1 atom stereocenters. The van der Waals surface area contributed by atoms with Crippen molar-refractivity contribution < 1.29 is 0 Å². The monoisotopic (exact) mass is 320 g/mol. The van der Waals surface area contributed by atoms with Crippen LogP contribution < -0.4 is 5.32 Å². The van der Waals surface area contributed by atoms with Gasteiger partial charge in [0.2, 0.25) is 0 Å². The van der Waals surface area contributed by atoms with Gasteiger partial charge in [-0.1, -0.05) is 37.6 Å². The van der Waals surface area contributed by atoms with E-state index in [9.17, 15) is 0 Å². The van der Waals surface area contributed by atoms with Crippen molar-refractivity contribution in [2.24, 2.45) is 0 Å². The van der Waals surface area contributed by atoms with Crippen LogP contribution in [0, 0.1) is 0 Å². The first-order chi connectivity index (χ1) is 10.1. The summed E-state index contributed by atoms with van der Waals surface area (Å²) in [6.45, 7) is 5.43. The highest BCUT2D eigenvalue weighted by atomic mass is 35.5. The molecule has 1 unspecified atom stereocenters. The molecule has 0 bridgehead atoms. The Morgan fingerprint density at radius 3 is 2.81 bits per heavy atom. The van der Waals surface area contributed by atoms with Crippen molar-refractivity contribution in [2.45, 2.75) is 45.1 Å². The standard InChI is InChI=1S/C17H21ClN2S/c1-11(2)19-10-13-4-3-5-15-16(13)20-17(21-15)12-6-8-14(18)9-7-12/h6-9,11,13,19H,3-5,10H2,1-2H3. The van der Waals surface area contributed by atoms with E-state index in [1.807, 2.05) is 23.5 Å². The Labute approximate surface area is 135 Å². The van der Waals surface area contributed by atoms with Crippen LogP contribution in [0.3, 0.4) is 0 Å². The SMILES string of the molecule is CC(C)NCC1CCCc2sc(-c3ccc(Cl)cc3)nc21. The molecule has 0 amide bonds. The summed E-state index contributed by atoms with van der Waals surface area (Å²) in [6, 6.07) is 8.54. The Morgan fingerprint density at radius 2 is 2.10 bits per heavy atom. The fourth-order valence-electron chi connectivity index (χ4n) is 2.80. The summed E-state index contributed by atoms with van der Waals surface area (Å²) in [4.78, 5) is 6.42. The molecule has 0 fully saturated rings. The number of hydrogen-bond acceptors (Lipinski definition) is 3. The number of halogens is 1. The van der Waals surface area contributed by atoms with Crippen molar-refractivity contribution in [3.63, 3.8) is 0 Å². The maximum Gasteiger partial charge on any atom is 0.123 e. The van der Waals surface area contributed by atoms with Crippen molar-refractivity contribution in [2.75, 3.05) is 6.54 Å². The van der Waals surface area contributed by atoms with Crippen LogP contribution in [0.1, 0.15) is 43.2 Å². The highest BCUT2D eigenvalue weighted by Gasteiger charge is 2.25. The van der Waals surface area contributed by atoms with Crippen LogP contribution in [0.4, 0.5) is 0 Å².